The zero-order valence-electron chi connectivity index (χ0n) is 11.8. The molecule has 1 aromatic rings. The third-order valence-corrected chi connectivity index (χ3v) is 5.02. The van der Waals surface area contributed by atoms with Crippen molar-refractivity contribution in [1.29, 1.82) is 0 Å². The number of nitrogens with one attached hydrogen (secondary N) is 1. The van der Waals surface area contributed by atoms with Crippen LogP contribution >= 0.6 is 0 Å². The zero-order chi connectivity index (χ0) is 14.0. The van der Waals surface area contributed by atoms with Crippen molar-refractivity contribution in [2.45, 2.75) is 50.1 Å². The van der Waals surface area contributed by atoms with Gasteiger partial charge in [-0.3, -0.25) is 21.2 Å². The van der Waals surface area contributed by atoms with E-state index in [4.69, 9.17) is 5.84 Å². The van der Waals surface area contributed by atoms with Crippen molar-refractivity contribution < 1.29 is 4.39 Å². The molecule has 1 aliphatic carbocycles. The van der Waals surface area contributed by atoms with E-state index in [0.717, 1.165) is 25.9 Å². The van der Waals surface area contributed by atoms with Crippen molar-refractivity contribution in [3.8, 4) is 0 Å². The minimum atomic E-state index is -0.263. The molecule has 20 heavy (non-hydrogen) atoms. The summed E-state index contributed by atoms with van der Waals surface area (Å²) in [5.41, 5.74) is 3.52. The lowest BCUT2D eigenvalue weighted by molar-refractivity contribution is 0.0749. The summed E-state index contributed by atoms with van der Waals surface area (Å²) in [6.07, 6.45) is 9.97. The van der Waals surface area contributed by atoms with Crippen molar-refractivity contribution in [2.75, 3.05) is 13.1 Å². The van der Waals surface area contributed by atoms with Gasteiger partial charge in [0.25, 0.3) is 0 Å². The first-order chi connectivity index (χ1) is 9.78. The summed E-state index contributed by atoms with van der Waals surface area (Å²) in [6.45, 7) is 2.20. The Hall–Kier alpha value is -1.04. The van der Waals surface area contributed by atoms with Crippen molar-refractivity contribution in [3.05, 3.63) is 29.8 Å². The molecule has 3 rings (SSSR count). The first-order valence-corrected chi connectivity index (χ1v) is 7.58. The normalized spacial score (nSPS) is 24.1. The molecule has 1 saturated heterocycles. The third kappa shape index (κ3) is 2.24. The molecule has 0 aromatic carbocycles. The van der Waals surface area contributed by atoms with Crippen molar-refractivity contribution in [1.82, 2.24) is 15.3 Å². The molecule has 2 aliphatic rings. The fourth-order valence-electron chi connectivity index (χ4n) is 4.09. The van der Waals surface area contributed by atoms with E-state index in [9.17, 15) is 4.39 Å². The number of pyridine rings is 1. The number of hydrogen-bond donors (Lipinski definition) is 2. The number of aromatic nitrogens is 1. The fraction of sp³-hybridized carbons (Fsp3) is 0.667. The summed E-state index contributed by atoms with van der Waals surface area (Å²) in [5, 5.41) is 0. The molecule has 110 valence electrons. The lowest BCUT2D eigenvalue weighted by Gasteiger charge is -2.45. The molecule has 1 aliphatic heterocycles. The van der Waals surface area contributed by atoms with Crippen LogP contribution in [0.2, 0.25) is 0 Å². The molecule has 0 radical (unpaired) electrons. The van der Waals surface area contributed by atoms with Crippen LogP contribution in [0.4, 0.5) is 4.39 Å². The summed E-state index contributed by atoms with van der Waals surface area (Å²) in [4.78, 5) is 6.38. The van der Waals surface area contributed by atoms with Gasteiger partial charge in [0.2, 0.25) is 0 Å². The van der Waals surface area contributed by atoms with Crippen LogP contribution in [0.5, 0.6) is 0 Å². The molecule has 3 N–H and O–H groups in total. The Balaban J connectivity index is 1.98. The molecule has 2 fully saturated rings. The Labute approximate surface area is 119 Å². The standard InChI is InChI=1S/C15H23FN4/c16-13-11-18-8-5-12(13)14(19-17)15(6-1-2-7-15)20-9-3-4-10-20/h5,8,11,14,19H,1-4,6-7,9-10,17H2. The summed E-state index contributed by atoms with van der Waals surface area (Å²) in [6, 6.07) is 1.60. The van der Waals surface area contributed by atoms with Gasteiger partial charge in [-0.1, -0.05) is 12.8 Å². The summed E-state index contributed by atoms with van der Waals surface area (Å²) in [5.74, 6) is 5.58. The van der Waals surface area contributed by atoms with Crippen LogP contribution in [-0.2, 0) is 0 Å². The number of nitrogens with two attached hydrogens (primary N) is 1. The Bertz CT molecular complexity index is 453. The van der Waals surface area contributed by atoms with Gasteiger partial charge >= 0.3 is 0 Å². The highest BCUT2D eigenvalue weighted by molar-refractivity contribution is 5.24. The molecule has 1 aromatic heterocycles. The van der Waals surface area contributed by atoms with Crippen LogP contribution in [0.15, 0.2) is 18.5 Å². The van der Waals surface area contributed by atoms with Gasteiger partial charge in [0.1, 0.15) is 5.82 Å². The SMILES string of the molecule is NNC(c1ccncc1F)C1(N2CCCC2)CCCC1. The van der Waals surface area contributed by atoms with Crippen LogP contribution in [-0.4, -0.2) is 28.5 Å². The molecular formula is C15H23FN4. The molecule has 1 atom stereocenters. The number of nitrogens with zero attached hydrogens (tertiary/aromatic N) is 2. The number of likely N-dealkylation sites (tertiary alicyclic amines) is 1. The molecule has 4 nitrogen and oxygen atoms in total. The maximum atomic E-state index is 14.2. The quantitative estimate of drug-likeness (QED) is 0.654. The van der Waals surface area contributed by atoms with Gasteiger partial charge < -0.3 is 0 Å². The van der Waals surface area contributed by atoms with E-state index in [2.05, 4.69) is 15.3 Å². The van der Waals surface area contributed by atoms with Crippen LogP contribution in [0.25, 0.3) is 0 Å². The topological polar surface area (TPSA) is 54.2 Å². The van der Waals surface area contributed by atoms with Gasteiger partial charge in [-0.05, 0) is 44.8 Å². The minimum absolute atomic E-state index is 0.0343. The van der Waals surface area contributed by atoms with Crippen molar-refractivity contribution >= 4 is 0 Å². The van der Waals surface area contributed by atoms with Gasteiger partial charge in [0.05, 0.1) is 12.2 Å². The van der Waals surface area contributed by atoms with Crippen LogP contribution in [0.1, 0.15) is 50.1 Å². The highest BCUT2D eigenvalue weighted by Gasteiger charge is 2.47. The third-order valence-electron chi connectivity index (χ3n) is 5.02. The summed E-state index contributed by atoms with van der Waals surface area (Å²) < 4.78 is 14.2. The highest BCUT2D eigenvalue weighted by atomic mass is 19.1. The number of hydrogen-bond acceptors (Lipinski definition) is 4. The average molecular weight is 278 g/mol. The van der Waals surface area contributed by atoms with Crippen molar-refractivity contribution in [3.63, 3.8) is 0 Å². The van der Waals surface area contributed by atoms with E-state index < -0.39 is 0 Å². The maximum Gasteiger partial charge on any atom is 0.146 e. The Morgan fingerprint density at radius 1 is 1.25 bits per heavy atom. The molecule has 0 amide bonds. The van der Waals surface area contributed by atoms with E-state index in [-0.39, 0.29) is 17.4 Å². The molecule has 1 unspecified atom stereocenters. The van der Waals surface area contributed by atoms with Gasteiger partial charge in [0, 0.05) is 17.3 Å². The molecule has 1 saturated carbocycles. The second-order valence-electron chi connectivity index (χ2n) is 6.00. The molecule has 0 spiro atoms. The van der Waals surface area contributed by atoms with E-state index in [0.29, 0.717) is 5.56 Å². The van der Waals surface area contributed by atoms with E-state index in [1.807, 2.05) is 0 Å². The van der Waals surface area contributed by atoms with E-state index >= 15 is 0 Å². The summed E-state index contributed by atoms with van der Waals surface area (Å²) in [7, 11) is 0. The zero-order valence-corrected chi connectivity index (χ0v) is 11.8. The highest BCUT2D eigenvalue weighted by Crippen LogP contribution is 2.45. The van der Waals surface area contributed by atoms with Gasteiger partial charge in [-0.25, -0.2) is 4.39 Å². The molecular weight excluding hydrogens is 255 g/mol. The smallest absolute Gasteiger partial charge is 0.146 e. The second-order valence-corrected chi connectivity index (χ2v) is 6.00. The number of rotatable bonds is 4. The van der Waals surface area contributed by atoms with Gasteiger partial charge in [-0.2, -0.15) is 0 Å². The predicted molar refractivity (Wildman–Crippen MR) is 76.3 cm³/mol. The summed E-state index contributed by atoms with van der Waals surface area (Å²) >= 11 is 0. The minimum Gasteiger partial charge on any atom is -0.296 e. The molecule has 0 bridgehead atoms. The number of halogens is 1. The van der Waals surface area contributed by atoms with Crippen LogP contribution in [0.3, 0.4) is 0 Å². The Morgan fingerprint density at radius 3 is 2.55 bits per heavy atom. The van der Waals surface area contributed by atoms with E-state index in [1.54, 1.807) is 12.3 Å². The van der Waals surface area contributed by atoms with E-state index in [1.165, 1.54) is 31.9 Å². The van der Waals surface area contributed by atoms with Crippen LogP contribution < -0.4 is 11.3 Å². The Kier molecular flexibility index (Phi) is 4.01. The molecule has 2 heterocycles. The van der Waals surface area contributed by atoms with Gasteiger partial charge in [0.15, 0.2) is 0 Å². The van der Waals surface area contributed by atoms with Crippen LogP contribution in [0, 0.1) is 5.82 Å². The van der Waals surface area contributed by atoms with Crippen molar-refractivity contribution in [2.24, 2.45) is 5.84 Å². The first-order valence-electron chi connectivity index (χ1n) is 7.58. The predicted octanol–water partition coefficient (Wildman–Crippen LogP) is 2.13. The first kappa shape index (κ1) is 13.9. The average Bonchev–Trinajstić information content (AvgIpc) is 3.12. The number of hydrazine groups is 1. The van der Waals surface area contributed by atoms with Gasteiger partial charge in [-0.15, -0.1) is 0 Å². The molecule has 5 heteroatoms. The fourth-order valence-corrected chi connectivity index (χ4v) is 4.09. The lowest BCUT2D eigenvalue weighted by atomic mass is 9.82. The second kappa shape index (κ2) is 5.76. The maximum absolute atomic E-state index is 14.2. The monoisotopic (exact) mass is 278 g/mol. The Morgan fingerprint density at radius 2 is 1.95 bits per heavy atom. The lowest BCUT2D eigenvalue weighted by Crippen LogP contribution is -2.55. The largest absolute Gasteiger partial charge is 0.296 e.